The van der Waals surface area contributed by atoms with Gasteiger partial charge in [0, 0.05) is 6.54 Å². The molecule has 3 rings (SSSR count). The topological polar surface area (TPSA) is 52.8 Å². The van der Waals surface area contributed by atoms with E-state index in [1.54, 1.807) is 16.7 Å². The molecule has 0 atom stereocenters. The zero-order chi connectivity index (χ0) is 15.5. The van der Waals surface area contributed by atoms with Gasteiger partial charge in [-0.3, -0.25) is 4.79 Å². The van der Waals surface area contributed by atoms with Crippen LogP contribution in [0, 0.1) is 5.82 Å². The standard InChI is InChI=1S/C15H13FN2O3S/c1-2-5-18-11-4-3-10(16)8-13(11)22-15(18)17-14(19)12-9-20-6-7-21-12/h2-4,8-9H,1,5-7H2. The highest BCUT2D eigenvalue weighted by atomic mass is 32.1. The minimum Gasteiger partial charge on any atom is -0.494 e. The molecule has 2 heterocycles. The molecule has 0 saturated heterocycles. The Morgan fingerprint density at radius 2 is 2.36 bits per heavy atom. The molecule has 1 aromatic heterocycles. The van der Waals surface area contributed by atoms with Crippen molar-refractivity contribution in [3.63, 3.8) is 0 Å². The molecule has 0 bridgehead atoms. The molecule has 0 unspecified atom stereocenters. The number of carbonyl (C=O) groups is 1. The Kier molecular flexibility index (Phi) is 4.06. The van der Waals surface area contributed by atoms with Crippen molar-refractivity contribution in [3.8, 4) is 0 Å². The molecule has 0 spiro atoms. The smallest absolute Gasteiger partial charge is 0.317 e. The summed E-state index contributed by atoms with van der Waals surface area (Å²) in [5.74, 6) is -0.784. The maximum atomic E-state index is 13.4. The molecule has 5 nitrogen and oxygen atoms in total. The van der Waals surface area contributed by atoms with Gasteiger partial charge < -0.3 is 14.0 Å². The van der Waals surface area contributed by atoms with Crippen LogP contribution in [0.15, 0.2) is 47.9 Å². The summed E-state index contributed by atoms with van der Waals surface area (Å²) < 4.78 is 26.1. The first-order valence-corrected chi connectivity index (χ1v) is 7.44. The molecule has 2 aromatic rings. The Morgan fingerprint density at radius 1 is 1.50 bits per heavy atom. The summed E-state index contributed by atoms with van der Waals surface area (Å²) in [5.41, 5.74) is 0.799. The predicted octanol–water partition coefficient (Wildman–Crippen LogP) is 2.34. The first-order valence-electron chi connectivity index (χ1n) is 6.62. The molecule has 0 aliphatic carbocycles. The highest BCUT2D eigenvalue weighted by molar-refractivity contribution is 7.16. The number of nitrogens with zero attached hydrogens (tertiary/aromatic N) is 2. The Balaban J connectivity index is 2.10. The Morgan fingerprint density at radius 3 is 3.09 bits per heavy atom. The van der Waals surface area contributed by atoms with Gasteiger partial charge in [0.15, 0.2) is 4.80 Å². The zero-order valence-electron chi connectivity index (χ0n) is 11.6. The van der Waals surface area contributed by atoms with Crippen LogP contribution in [0.3, 0.4) is 0 Å². The fourth-order valence-electron chi connectivity index (χ4n) is 2.06. The van der Waals surface area contributed by atoms with Crippen molar-refractivity contribution >= 4 is 27.5 Å². The lowest BCUT2D eigenvalue weighted by molar-refractivity contribution is -0.119. The SMILES string of the molecule is C=CCn1c(=NC(=O)C2=COCCO2)sc2cc(F)ccc21. The number of hydrogen-bond acceptors (Lipinski definition) is 4. The second-order valence-electron chi connectivity index (χ2n) is 4.51. The van der Waals surface area contributed by atoms with Gasteiger partial charge >= 0.3 is 5.91 Å². The molecule has 1 aliphatic rings. The summed E-state index contributed by atoms with van der Waals surface area (Å²) in [6.45, 7) is 4.89. The van der Waals surface area contributed by atoms with Crippen LogP contribution in [0.4, 0.5) is 4.39 Å². The number of benzene rings is 1. The first-order chi connectivity index (χ1) is 10.7. The number of halogens is 1. The average molecular weight is 320 g/mol. The Hall–Kier alpha value is -2.41. The number of allylic oxidation sites excluding steroid dienone is 1. The summed E-state index contributed by atoms with van der Waals surface area (Å²) in [7, 11) is 0. The van der Waals surface area contributed by atoms with E-state index >= 15 is 0 Å². The largest absolute Gasteiger partial charge is 0.494 e. The Labute approximate surface area is 129 Å². The van der Waals surface area contributed by atoms with E-state index in [9.17, 15) is 9.18 Å². The molecule has 0 radical (unpaired) electrons. The summed E-state index contributed by atoms with van der Waals surface area (Å²) in [6.07, 6.45) is 2.96. The monoisotopic (exact) mass is 320 g/mol. The van der Waals surface area contributed by atoms with Crippen LogP contribution >= 0.6 is 11.3 Å². The number of aromatic nitrogens is 1. The van der Waals surface area contributed by atoms with E-state index in [0.29, 0.717) is 29.3 Å². The number of fused-ring (bicyclic) bond motifs is 1. The third-order valence-corrected chi connectivity index (χ3v) is 4.05. The zero-order valence-corrected chi connectivity index (χ0v) is 12.4. The van der Waals surface area contributed by atoms with Crippen LogP contribution < -0.4 is 4.80 Å². The summed E-state index contributed by atoms with van der Waals surface area (Å²) in [6, 6.07) is 4.46. The summed E-state index contributed by atoms with van der Waals surface area (Å²) in [5, 5.41) is 0. The van der Waals surface area contributed by atoms with Crippen molar-refractivity contribution in [2.75, 3.05) is 13.2 Å². The quantitative estimate of drug-likeness (QED) is 0.816. The summed E-state index contributed by atoms with van der Waals surface area (Å²) in [4.78, 5) is 16.6. The van der Waals surface area contributed by atoms with Gasteiger partial charge in [-0.25, -0.2) is 4.39 Å². The van der Waals surface area contributed by atoms with Crippen LogP contribution in [0.2, 0.25) is 0 Å². The van der Waals surface area contributed by atoms with Gasteiger partial charge in [-0.15, -0.1) is 6.58 Å². The molecule has 0 N–H and O–H groups in total. The third kappa shape index (κ3) is 2.80. The molecular weight excluding hydrogens is 307 g/mol. The van der Waals surface area contributed by atoms with E-state index in [2.05, 4.69) is 11.6 Å². The highest BCUT2D eigenvalue weighted by Gasteiger charge is 2.15. The lowest BCUT2D eigenvalue weighted by atomic mass is 10.3. The number of thiazole rings is 1. The van der Waals surface area contributed by atoms with E-state index < -0.39 is 5.91 Å². The van der Waals surface area contributed by atoms with E-state index in [1.807, 2.05) is 0 Å². The number of rotatable bonds is 3. The van der Waals surface area contributed by atoms with Crippen molar-refractivity contribution in [2.24, 2.45) is 4.99 Å². The van der Waals surface area contributed by atoms with Crippen LogP contribution in [-0.4, -0.2) is 23.7 Å². The Bertz CT molecular complexity index is 835. The molecule has 1 amide bonds. The molecule has 0 saturated carbocycles. The normalized spacial score (nSPS) is 15.1. The fourth-order valence-corrected chi connectivity index (χ4v) is 3.12. The van der Waals surface area contributed by atoms with Gasteiger partial charge in [0.2, 0.25) is 5.76 Å². The first kappa shape index (κ1) is 14.5. The van der Waals surface area contributed by atoms with Gasteiger partial charge in [-0.2, -0.15) is 4.99 Å². The van der Waals surface area contributed by atoms with Crippen LogP contribution in [0.25, 0.3) is 10.2 Å². The van der Waals surface area contributed by atoms with Gasteiger partial charge in [-0.05, 0) is 18.2 Å². The molecule has 114 valence electrons. The van der Waals surface area contributed by atoms with Gasteiger partial charge in [0.05, 0.1) is 10.2 Å². The summed E-state index contributed by atoms with van der Waals surface area (Å²) >= 11 is 1.23. The molecule has 1 aliphatic heterocycles. The highest BCUT2D eigenvalue weighted by Crippen LogP contribution is 2.19. The van der Waals surface area contributed by atoms with Gasteiger partial charge in [0.25, 0.3) is 0 Å². The van der Waals surface area contributed by atoms with E-state index in [4.69, 9.17) is 9.47 Å². The van der Waals surface area contributed by atoms with E-state index in [1.165, 1.54) is 29.7 Å². The number of hydrogen-bond donors (Lipinski definition) is 0. The molecule has 7 heteroatoms. The van der Waals surface area contributed by atoms with Gasteiger partial charge in [-0.1, -0.05) is 17.4 Å². The van der Waals surface area contributed by atoms with E-state index in [0.717, 1.165) is 5.52 Å². The lowest BCUT2D eigenvalue weighted by Crippen LogP contribution is -2.19. The number of amides is 1. The fraction of sp³-hybridized carbons (Fsp3) is 0.200. The molecule has 0 fully saturated rings. The van der Waals surface area contributed by atoms with Crippen molar-refractivity contribution in [1.82, 2.24) is 4.57 Å². The molecule has 1 aromatic carbocycles. The third-order valence-electron chi connectivity index (χ3n) is 3.01. The van der Waals surface area contributed by atoms with Gasteiger partial charge in [0.1, 0.15) is 25.3 Å². The molecule has 22 heavy (non-hydrogen) atoms. The van der Waals surface area contributed by atoms with Crippen LogP contribution in [0.1, 0.15) is 0 Å². The number of carbonyl (C=O) groups excluding carboxylic acids is 1. The minimum absolute atomic E-state index is 0.0695. The second-order valence-corrected chi connectivity index (χ2v) is 5.52. The molecular formula is C15H13FN2O3S. The minimum atomic E-state index is -0.524. The maximum absolute atomic E-state index is 13.4. The van der Waals surface area contributed by atoms with Crippen LogP contribution in [-0.2, 0) is 20.8 Å². The van der Waals surface area contributed by atoms with Crippen molar-refractivity contribution in [1.29, 1.82) is 0 Å². The van der Waals surface area contributed by atoms with E-state index in [-0.39, 0.29) is 11.6 Å². The lowest BCUT2D eigenvalue weighted by Gasteiger charge is -2.12. The predicted molar refractivity (Wildman–Crippen MR) is 80.5 cm³/mol. The second kappa shape index (κ2) is 6.15. The number of ether oxygens (including phenoxy) is 2. The average Bonchev–Trinajstić information content (AvgIpc) is 2.85. The van der Waals surface area contributed by atoms with Crippen LogP contribution in [0.5, 0.6) is 0 Å². The maximum Gasteiger partial charge on any atom is 0.317 e. The van der Waals surface area contributed by atoms with Crippen molar-refractivity contribution in [2.45, 2.75) is 6.54 Å². The van der Waals surface area contributed by atoms with Crippen molar-refractivity contribution < 1.29 is 18.7 Å². The van der Waals surface area contributed by atoms with Crippen molar-refractivity contribution in [3.05, 3.63) is 53.5 Å².